The lowest BCUT2D eigenvalue weighted by molar-refractivity contribution is 0.292. The van der Waals surface area contributed by atoms with Crippen molar-refractivity contribution in [3.8, 4) is 11.5 Å². The molecular formula is C10H14BrNO2. The first-order valence-corrected chi connectivity index (χ1v) is 5.66. The predicted molar refractivity (Wildman–Crippen MR) is 59.2 cm³/mol. The highest BCUT2D eigenvalue weighted by Crippen LogP contribution is 2.30. The first-order chi connectivity index (χ1) is 6.83. The molecule has 0 aliphatic heterocycles. The van der Waals surface area contributed by atoms with Crippen LogP contribution in [0.2, 0.25) is 0 Å². The summed E-state index contributed by atoms with van der Waals surface area (Å²) in [6.45, 7) is 2.77. The van der Waals surface area contributed by atoms with Crippen molar-refractivity contribution in [2.24, 2.45) is 0 Å². The molecule has 0 aliphatic rings. The molecule has 1 aromatic rings. The van der Waals surface area contributed by atoms with Crippen LogP contribution in [-0.4, -0.2) is 18.7 Å². The minimum absolute atomic E-state index is 0.666. The Hall–Kier alpha value is -0.770. The van der Waals surface area contributed by atoms with E-state index in [1.54, 1.807) is 13.3 Å². The summed E-state index contributed by atoms with van der Waals surface area (Å²) in [5.41, 5.74) is 0.862. The minimum Gasteiger partial charge on any atom is -0.491 e. The van der Waals surface area contributed by atoms with Crippen LogP contribution < -0.4 is 9.47 Å². The van der Waals surface area contributed by atoms with Crippen LogP contribution in [0.3, 0.4) is 0 Å². The summed E-state index contributed by atoms with van der Waals surface area (Å²) < 4.78 is 10.8. The molecule has 1 heterocycles. The number of alkyl halides is 1. The Bertz CT molecular complexity index is 291. The normalized spacial score (nSPS) is 9.93. The summed E-state index contributed by atoms with van der Waals surface area (Å²) in [4.78, 5) is 4.18. The average molecular weight is 260 g/mol. The molecule has 0 bridgehead atoms. The third-order valence-electron chi connectivity index (χ3n) is 1.73. The fraction of sp³-hybridized carbons (Fsp3) is 0.500. The number of halogens is 1. The fourth-order valence-corrected chi connectivity index (χ4v) is 1.51. The molecule has 0 saturated carbocycles. The van der Waals surface area contributed by atoms with Gasteiger partial charge in [0.15, 0.2) is 11.5 Å². The highest BCUT2D eigenvalue weighted by atomic mass is 79.9. The van der Waals surface area contributed by atoms with Crippen molar-refractivity contribution in [2.45, 2.75) is 18.7 Å². The number of hydrogen-bond acceptors (Lipinski definition) is 3. The van der Waals surface area contributed by atoms with Crippen LogP contribution in [0.4, 0.5) is 0 Å². The van der Waals surface area contributed by atoms with Gasteiger partial charge in [0.2, 0.25) is 0 Å². The number of hydrogen-bond donors (Lipinski definition) is 0. The molecule has 4 heteroatoms. The second-order valence-corrected chi connectivity index (χ2v) is 3.33. The molecule has 3 nitrogen and oxygen atoms in total. The fourth-order valence-electron chi connectivity index (χ4n) is 1.11. The van der Waals surface area contributed by atoms with Gasteiger partial charge < -0.3 is 9.47 Å². The predicted octanol–water partition coefficient (Wildman–Crippen LogP) is 2.77. The number of methoxy groups -OCH3 is 1. The van der Waals surface area contributed by atoms with Gasteiger partial charge >= 0.3 is 0 Å². The van der Waals surface area contributed by atoms with Crippen molar-refractivity contribution < 1.29 is 9.47 Å². The van der Waals surface area contributed by atoms with Crippen LogP contribution >= 0.6 is 15.9 Å². The van der Waals surface area contributed by atoms with E-state index >= 15 is 0 Å². The Morgan fingerprint density at radius 2 is 2.29 bits per heavy atom. The van der Waals surface area contributed by atoms with E-state index in [1.807, 2.05) is 6.07 Å². The van der Waals surface area contributed by atoms with E-state index in [-0.39, 0.29) is 0 Å². The lowest BCUT2D eigenvalue weighted by Crippen LogP contribution is -2.00. The highest BCUT2D eigenvalue weighted by molar-refractivity contribution is 9.08. The van der Waals surface area contributed by atoms with E-state index in [0.717, 1.165) is 23.6 Å². The molecule has 1 rings (SSSR count). The summed E-state index contributed by atoms with van der Waals surface area (Å²) >= 11 is 3.35. The summed E-state index contributed by atoms with van der Waals surface area (Å²) in [5.74, 6) is 1.48. The van der Waals surface area contributed by atoms with Crippen molar-refractivity contribution in [2.75, 3.05) is 13.7 Å². The van der Waals surface area contributed by atoms with Gasteiger partial charge in [-0.05, 0) is 6.42 Å². The first kappa shape index (κ1) is 11.3. The zero-order valence-electron chi connectivity index (χ0n) is 8.42. The number of nitrogens with zero attached hydrogens (tertiary/aromatic N) is 1. The summed E-state index contributed by atoms with van der Waals surface area (Å²) in [5, 5.41) is 0.666. The Labute approximate surface area is 92.6 Å². The van der Waals surface area contributed by atoms with Crippen molar-refractivity contribution >= 4 is 15.9 Å². The number of rotatable bonds is 5. The van der Waals surface area contributed by atoms with E-state index in [9.17, 15) is 0 Å². The molecule has 14 heavy (non-hydrogen) atoms. The quantitative estimate of drug-likeness (QED) is 0.763. The maximum Gasteiger partial charge on any atom is 0.183 e. The van der Waals surface area contributed by atoms with Crippen LogP contribution in [0.1, 0.15) is 19.0 Å². The lowest BCUT2D eigenvalue weighted by atomic mass is 10.3. The number of aromatic nitrogens is 1. The summed E-state index contributed by atoms with van der Waals surface area (Å²) in [6, 6.07) is 1.82. The lowest BCUT2D eigenvalue weighted by Gasteiger charge is -2.11. The van der Waals surface area contributed by atoms with Gasteiger partial charge in [-0.25, -0.2) is 0 Å². The maximum atomic E-state index is 5.53. The van der Waals surface area contributed by atoms with Crippen LogP contribution in [-0.2, 0) is 5.33 Å². The molecule has 0 radical (unpaired) electrons. The molecule has 1 aromatic heterocycles. The van der Waals surface area contributed by atoms with E-state index < -0.39 is 0 Å². The molecule has 0 amide bonds. The smallest absolute Gasteiger partial charge is 0.183 e. The van der Waals surface area contributed by atoms with Gasteiger partial charge in [0.05, 0.1) is 19.4 Å². The monoisotopic (exact) mass is 259 g/mol. The third-order valence-corrected chi connectivity index (χ3v) is 2.27. The molecule has 0 saturated heterocycles. The maximum absolute atomic E-state index is 5.53. The van der Waals surface area contributed by atoms with Crippen molar-refractivity contribution in [1.29, 1.82) is 0 Å². The van der Waals surface area contributed by atoms with Gasteiger partial charge in [-0.2, -0.15) is 0 Å². The van der Waals surface area contributed by atoms with E-state index in [0.29, 0.717) is 11.9 Å². The molecule has 0 fully saturated rings. The van der Waals surface area contributed by atoms with E-state index in [1.165, 1.54) is 0 Å². The Morgan fingerprint density at radius 3 is 2.86 bits per heavy atom. The first-order valence-electron chi connectivity index (χ1n) is 4.54. The van der Waals surface area contributed by atoms with Crippen molar-refractivity contribution in [1.82, 2.24) is 4.98 Å². The van der Waals surface area contributed by atoms with Gasteiger partial charge in [-0.3, -0.25) is 4.98 Å². The minimum atomic E-state index is 0.666. The topological polar surface area (TPSA) is 31.4 Å². The molecule has 0 aliphatic carbocycles. The van der Waals surface area contributed by atoms with Crippen LogP contribution in [0.25, 0.3) is 0 Å². The molecule has 0 aromatic carbocycles. The Balaban J connectivity index is 2.90. The zero-order valence-corrected chi connectivity index (χ0v) is 10.0. The van der Waals surface area contributed by atoms with Gasteiger partial charge in [0, 0.05) is 17.6 Å². The van der Waals surface area contributed by atoms with Crippen LogP contribution in [0.15, 0.2) is 12.3 Å². The Morgan fingerprint density at radius 1 is 1.50 bits per heavy atom. The second-order valence-electron chi connectivity index (χ2n) is 2.77. The summed E-state index contributed by atoms with van der Waals surface area (Å²) in [7, 11) is 1.63. The van der Waals surface area contributed by atoms with Crippen LogP contribution in [0.5, 0.6) is 11.5 Å². The van der Waals surface area contributed by atoms with Crippen molar-refractivity contribution in [3.63, 3.8) is 0 Å². The standard InChI is InChI=1S/C10H14BrNO2/c1-3-6-14-9-4-5-12-8(7-11)10(9)13-2/h4-5H,3,6-7H2,1-2H3. The van der Waals surface area contributed by atoms with Gasteiger partial charge in [0.25, 0.3) is 0 Å². The van der Waals surface area contributed by atoms with Crippen molar-refractivity contribution in [3.05, 3.63) is 18.0 Å². The highest BCUT2D eigenvalue weighted by Gasteiger charge is 2.09. The molecule has 0 spiro atoms. The number of ether oxygens (including phenoxy) is 2. The second kappa shape index (κ2) is 5.86. The average Bonchev–Trinajstić information content (AvgIpc) is 2.25. The molecular weight excluding hydrogens is 246 g/mol. The van der Waals surface area contributed by atoms with Gasteiger partial charge in [-0.15, -0.1) is 0 Å². The molecule has 0 N–H and O–H groups in total. The van der Waals surface area contributed by atoms with Gasteiger partial charge in [0.1, 0.15) is 0 Å². The SMILES string of the molecule is CCCOc1ccnc(CBr)c1OC. The largest absolute Gasteiger partial charge is 0.491 e. The number of pyridine rings is 1. The molecule has 78 valence electrons. The summed E-state index contributed by atoms with van der Waals surface area (Å²) in [6.07, 6.45) is 2.71. The van der Waals surface area contributed by atoms with E-state index in [2.05, 4.69) is 27.8 Å². The van der Waals surface area contributed by atoms with Crippen LogP contribution in [0, 0.1) is 0 Å². The third kappa shape index (κ3) is 2.61. The Kier molecular flexibility index (Phi) is 4.73. The molecule has 0 atom stereocenters. The van der Waals surface area contributed by atoms with E-state index in [4.69, 9.17) is 9.47 Å². The van der Waals surface area contributed by atoms with Gasteiger partial charge in [-0.1, -0.05) is 22.9 Å². The molecule has 0 unspecified atom stereocenters. The zero-order chi connectivity index (χ0) is 10.4.